The van der Waals surface area contributed by atoms with Gasteiger partial charge in [-0.3, -0.25) is 10.1 Å². The number of carbonyl (C=O) groups is 1. The average molecular weight is 230 g/mol. The maximum Gasteiger partial charge on any atom is 0.246 e. The Morgan fingerprint density at radius 2 is 2.18 bits per heavy atom. The molecule has 0 saturated heterocycles. The second-order valence-corrected chi connectivity index (χ2v) is 4.57. The summed E-state index contributed by atoms with van der Waals surface area (Å²) in [5.41, 5.74) is 6.98. The zero-order valence-corrected chi connectivity index (χ0v) is 9.36. The molecular weight excluding hydrogens is 216 g/mol. The summed E-state index contributed by atoms with van der Waals surface area (Å²) in [4.78, 5) is 19.2. The highest BCUT2D eigenvalue weighted by Gasteiger charge is 2.40. The van der Waals surface area contributed by atoms with Gasteiger partial charge in [-0.1, -0.05) is 12.1 Å². The Labute approximate surface area is 98.4 Å². The van der Waals surface area contributed by atoms with Gasteiger partial charge in [-0.25, -0.2) is 4.98 Å². The van der Waals surface area contributed by atoms with Gasteiger partial charge in [0.1, 0.15) is 0 Å². The molecule has 3 rings (SSSR count). The van der Waals surface area contributed by atoms with Crippen LogP contribution in [0.4, 0.5) is 5.95 Å². The summed E-state index contributed by atoms with van der Waals surface area (Å²) >= 11 is 0. The molecule has 1 saturated carbocycles. The topological polar surface area (TPSA) is 83.8 Å². The summed E-state index contributed by atoms with van der Waals surface area (Å²) in [5, 5.41) is 2.74. The monoisotopic (exact) mass is 230 g/mol. The Morgan fingerprint density at radius 3 is 2.82 bits per heavy atom. The maximum atomic E-state index is 11.9. The van der Waals surface area contributed by atoms with Gasteiger partial charge >= 0.3 is 0 Å². The first-order valence-electron chi connectivity index (χ1n) is 5.72. The Kier molecular flexibility index (Phi) is 2.16. The first kappa shape index (κ1) is 10.3. The van der Waals surface area contributed by atoms with E-state index in [4.69, 9.17) is 5.73 Å². The molecule has 1 amide bonds. The van der Waals surface area contributed by atoms with Crippen LogP contribution in [0.15, 0.2) is 24.3 Å². The minimum absolute atomic E-state index is 0.150. The molecule has 0 aliphatic heterocycles. The number of anilines is 1. The molecule has 17 heavy (non-hydrogen) atoms. The number of fused-ring (bicyclic) bond motifs is 1. The van der Waals surface area contributed by atoms with Crippen LogP contribution in [0, 0.1) is 0 Å². The van der Waals surface area contributed by atoms with Crippen molar-refractivity contribution >= 4 is 22.9 Å². The van der Waals surface area contributed by atoms with Crippen LogP contribution in [0.5, 0.6) is 0 Å². The van der Waals surface area contributed by atoms with Crippen LogP contribution < -0.4 is 11.1 Å². The van der Waals surface area contributed by atoms with Gasteiger partial charge in [0.2, 0.25) is 11.9 Å². The number of para-hydroxylation sites is 2. The summed E-state index contributed by atoms with van der Waals surface area (Å²) in [7, 11) is 0. The van der Waals surface area contributed by atoms with Gasteiger partial charge < -0.3 is 10.7 Å². The molecular formula is C12H14N4O. The third-order valence-corrected chi connectivity index (χ3v) is 3.32. The van der Waals surface area contributed by atoms with Crippen LogP contribution >= 0.6 is 0 Å². The van der Waals surface area contributed by atoms with E-state index in [1.54, 1.807) is 0 Å². The van der Waals surface area contributed by atoms with Crippen LogP contribution in [0.3, 0.4) is 0 Å². The Bertz CT molecular complexity index is 538. The van der Waals surface area contributed by atoms with Crippen molar-refractivity contribution in [1.82, 2.24) is 9.97 Å². The zero-order valence-electron chi connectivity index (χ0n) is 9.36. The number of hydrogen-bond donors (Lipinski definition) is 3. The minimum atomic E-state index is -0.695. The van der Waals surface area contributed by atoms with E-state index in [-0.39, 0.29) is 5.91 Å². The number of carbonyl (C=O) groups excluding carboxylic acids is 1. The number of imidazole rings is 1. The largest absolute Gasteiger partial charge is 0.324 e. The number of nitrogens with zero attached hydrogens (tertiary/aromatic N) is 1. The lowest BCUT2D eigenvalue weighted by Crippen LogP contribution is -2.56. The van der Waals surface area contributed by atoms with E-state index in [1.165, 1.54) is 0 Å². The Morgan fingerprint density at radius 1 is 1.41 bits per heavy atom. The molecule has 0 bridgehead atoms. The predicted octanol–water partition coefficient (Wildman–Crippen LogP) is 1.38. The highest BCUT2D eigenvalue weighted by atomic mass is 16.2. The standard InChI is InChI=1S/C12H14N4O/c13-12(6-3-7-12)10(17)16-11-14-8-4-1-2-5-9(8)15-11/h1-2,4-5H,3,6-7,13H2,(H2,14,15,16,17). The lowest BCUT2D eigenvalue weighted by molar-refractivity contribution is -0.123. The molecule has 5 nitrogen and oxygen atoms in total. The minimum Gasteiger partial charge on any atom is -0.324 e. The molecule has 4 N–H and O–H groups in total. The quantitative estimate of drug-likeness (QED) is 0.728. The number of hydrogen-bond acceptors (Lipinski definition) is 3. The van der Waals surface area contributed by atoms with Crippen LogP contribution in [0.2, 0.25) is 0 Å². The van der Waals surface area contributed by atoms with Crippen LogP contribution in [0.25, 0.3) is 11.0 Å². The number of nitrogens with two attached hydrogens (primary N) is 1. The molecule has 0 radical (unpaired) electrons. The van der Waals surface area contributed by atoms with Gasteiger partial charge in [-0.2, -0.15) is 0 Å². The molecule has 1 fully saturated rings. The van der Waals surface area contributed by atoms with Crippen molar-refractivity contribution in [2.24, 2.45) is 5.73 Å². The molecule has 1 aliphatic rings. The van der Waals surface area contributed by atoms with Crippen molar-refractivity contribution in [3.8, 4) is 0 Å². The normalized spacial score (nSPS) is 17.7. The number of aromatic amines is 1. The molecule has 5 heteroatoms. The number of aromatic nitrogens is 2. The van der Waals surface area contributed by atoms with Gasteiger partial charge in [0.05, 0.1) is 16.6 Å². The highest BCUT2D eigenvalue weighted by Crippen LogP contribution is 2.30. The summed E-state index contributed by atoms with van der Waals surface area (Å²) in [5.74, 6) is 0.315. The van der Waals surface area contributed by atoms with E-state index >= 15 is 0 Å². The molecule has 0 unspecified atom stereocenters. The van der Waals surface area contributed by atoms with E-state index in [0.29, 0.717) is 5.95 Å². The lowest BCUT2D eigenvalue weighted by Gasteiger charge is -2.35. The SMILES string of the molecule is NC1(C(=O)Nc2nc3ccccc3[nH]2)CCC1. The van der Waals surface area contributed by atoms with Crippen molar-refractivity contribution in [3.63, 3.8) is 0 Å². The fourth-order valence-corrected chi connectivity index (χ4v) is 2.03. The summed E-state index contributed by atoms with van der Waals surface area (Å²) in [6.45, 7) is 0. The molecule has 0 spiro atoms. The second kappa shape index (κ2) is 3.56. The molecule has 2 aromatic rings. The molecule has 0 atom stereocenters. The summed E-state index contributed by atoms with van der Waals surface area (Å²) in [6.07, 6.45) is 2.52. The first-order valence-corrected chi connectivity index (χ1v) is 5.72. The van der Waals surface area contributed by atoms with Crippen molar-refractivity contribution in [2.45, 2.75) is 24.8 Å². The number of rotatable bonds is 2. The molecule has 1 aromatic carbocycles. The average Bonchev–Trinajstić information content (AvgIpc) is 2.67. The van der Waals surface area contributed by atoms with Gasteiger partial charge in [-0.15, -0.1) is 0 Å². The second-order valence-electron chi connectivity index (χ2n) is 4.57. The number of amides is 1. The number of H-pyrrole nitrogens is 1. The number of nitrogens with one attached hydrogen (secondary N) is 2. The third-order valence-electron chi connectivity index (χ3n) is 3.32. The lowest BCUT2D eigenvalue weighted by atomic mass is 9.77. The molecule has 1 aliphatic carbocycles. The van der Waals surface area contributed by atoms with Crippen molar-refractivity contribution < 1.29 is 4.79 Å². The first-order chi connectivity index (χ1) is 8.17. The van der Waals surface area contributed by atoms with Gasteiger partial charge in [0.15, 0.2) is 0 Å². The van der Waals surface area contributed by atoms with E-state index in [0.717, 1.165) is 30.3 Å². The Balaban J connectivity index is 1.83. The molecule has 1 aromatic heterocycles. The predicted molar refractivity (Wildman–Crippen MR) is 65.5 cm³/mol. The molecule has 1 heterocycles. The summed E-state index contributed by atoms with van der Waals surface area (Å²) < 4.78 is 0. The highest BCUT2D eigenvalue weighted by molar-refractivity contribution is 5.98. The van der Waals surface area contributed by atoms with Crippen LogP contribution in [0.1, 0.15) is 19.3 Å². The fraction of sp³-hybridized carbons (Fsp3) is 0.333. The van der Waals surface area contributed by atoms with Crippen molar-refractivity contribution in [1.29, 1.82) is 0 Å². The summed E-state index contributed by atoms with van der Waals surface area (Å²) in [6, 6.07) is 7.64. The van der Waals surface area contributed by atoms with Gasteiger partial charge in [0.25, 0.3) is 0 Å². The van der Waals surface area contributed by atoms with Crippen LogP contribution in [-0.2, 0) is 4.79 Å². The molecule has 88 valence electrons. The fourth-order valence-electron chi connectivity index (χ4n) is 2.03. The van der Waals surface area contributed by atoms with E-state index < -0.39 is 5.54 Å². The third kappa shape index (κ3) is 1.68. The number of benzene rings is 1. The van der Waals surface area contributed by atoms with E-state index in [9.17, 15) is 4.79 Å². The Hall–Kier alpha value is -1.88. The zero-order chi connectivity index (χ0) is 11.9. The van der Waals surface area contributed by atoms with Gasteiger partial charge in [-0.05, 0) is 31.4 Å². The smallest absolute Gasteiger partial charge is 0.246 e. The van der Waals surface area contributed by atoms with Gasteiger partial charge in [0, 0.05) is 0 Å². The van der Waals surface area contributed by atoms with E-state index in [2.05, 4.69) is 15.3 Å². The van der Waals surface area contributed by atoms with Crippen LogP contribution in [-0.4, -0.2) is 21.4 Å². The van der Waals surface area contributed by atoms with E-state index in [1.807, 2.05) is 24.3 Å². The van der Waals surface area contributed by atoms with Crippen molar-refractivity contribution in [2.75, 3.05) is 5.32 Å². The van der Waals surface area contributed by atoms with Crippen molar-refractivity contribution in [3.05, 3.63) is 24.3 Å². The maximum absolute atomic E-state index is 11.9.